The molecule has 0 saturated carbocycles. The molecule has 0 saturated heterocycles. The predicted molar refractivity (Wildman–Crippen MR) is 72.5 cm³/mol. The van der Waals surface area contributed by atoms with Crippen molar-refractivity contribution in [3.05, 3.63) is 0 Å². The molecule has 0 aliphatic carbocycles. The quantitative estimate of drug-likeness (QED) is 0.535. The molecule has 4 nitrogen and oxygen atoms in total. The average molecular weight is 262 g/mol. The summed E-state index contributed by atoms with van der Waals surface area (Å²) in [6.07, 6.45) is 1.48. The maximum Gasteiger partial charge on any atom is 0.165 e. The molecular formula is C14H30O4. The van der Waals surface area contributed by atoms with Crippen LogP contribution in [0.25, 0.3) is 0 Å². The normalized spacial score (nSPS) is 13.0. The van der Waals surface area contributed by atoms with Gasteiger partial charge in [-0.15, -0.1) is 0 Å². The van der Waals surface area contributed by atoms with Crippen molar-refractivity contribution in [1.29, 1.82) is 0 Å². The minimum Gasteiger partial charge on any atom is -0.351 e. The Labute approximate surface area is 112 Å². The monoisotopic (exact) mass is 262 g/mol. The molecule has 4 heteroatoms. The first-order chi connectivity index (χ1) is 8.45. The van der Waals surface area contributed by atoms with Crippen LogP contribution < -0.4 is 0 Å². The Morgan fingerprint density at radius 1 is 0.556 bits per heavy atom. The van der Waals surface area contributed by atoms with Crippen molar-refractivity contribution in [3.63, 3.8) is 0 Å². The third kappa shape index (κ3) is 6.69. The molecule has 0 amide bonds. The molecule has 0 rings (SSSR count). The van der Waals surface area contributed by atoms with Gasteiger partial charge in [-0.05, 0) is 41.5 Å². The number of hydrogen-bond acceptors (Lipinski definition) is 4. The first kappa shape index (κ1) is 17.8. The van der Waals surface area contributed by atoms with Crippen molar-refractivity contribution in [3.8, 4) is 0 Å². The molecular weight excluding hydrogens is 232 g/mol. The van der Waals surface area contributed by atoms with Crippen molar-refractivity contribution in [2.75, 3.05) is 26.4 Å². The van der Waals surface area contributed by atoms with Gasteiger partial charge in [0, 0.05) is 39.3 Å². The zero-order valence-electron chi connectivity index (χ0n) is 12.9. The lowest BCUT2D eigenvalue weighted by atomic mass is 10.1. The van der Waals surface area contributed by atoms with E-state index in [0.717, 1.165) is 12.8 Å². The van der Waals surface area contributed by atoms with Gasteiger partial charge < -0.3 is 18.9 Å². The standard InChI is InChI=1S/C14H30O4/c1-7-15-13(5,16-8-2)11-12-14(6,17-9-3)18-10-4/h7-12H2,1-6H3. The lowest BCUT2D eigenvalue weighted by molar-refractivity contribution is -0.260. The van der Waals surface area contributed by atoms with Crippen LogP contribution in [0.15, 0.2) is 0 Å². The van der Waals surface area contributed by atoms with Crippen molar-refractivity contribution in [2.24, 2.45) is 0 Å². The zero-order valence-corrected chi connectivity index (χ0v) is 12.9. The van der Waals surface area contributed by atoms with Gasteiger partial charge >= 0.3 is 0 Å². The van der Waals surface area contributed by atoms with Gasteiger partial charge in [-0.1, -0.05) is 0 Å². The summed E-state index contributed by atoms with van der Waals surface area (Å²) in [5.74, 6) is -1.11. The van der Waals surface area contributed by atoms with E-state index in [1.54, 1.807) is 0 Å². The van der Waals surface area contributed by atoms with Crippen molar-refractivity contribution < 1.29 is 18.9 Å². The molecule has 0 aliphatic rings. The molecule has 0 N–H and O–H groups in total. The van der Waals surface area contributed by atoms with Crippen LogP contribution in [-0.2, 0) is 18.9 Å². The van der Waals surface area contributed by atoms with Gasteiger partial charge in [0.2, 0.25) is 0 Å². The van der Waals surface area contributed by atoms with Crippen molar-refractivity contribution >= 4 is 0 Å². The third-order valence-electron chi connectivity index (χ3n) is 2.83. The van der Waals surface area contributed by atoms with Gasteiger partial charge in [-0.2, -0.15) is 0 Å². The number of hydrogen-bond donors (Lipinski definition) is 0. The highest BCUT2D eigenvalue weighted by Gasteiger charge is 2.32. The first-order valence-corrected chi connectivity index (χ1v) is 7.01. The second-order valence-electron chi connectivity index (χ2n) is 4.50. The minimum absolute atomic E-state index is 0.557. The van der Waals surface area contributed by atoms with E-state index in [1.165, 1.54) is 0 Å². The second-order valence-corrected chi connectivity index (χ2v) is 4.50. The minimum atomic E-state index is -0.557. The lowest BCUT2D eigenvalue weighted by Gasteiger charge is -2.35. The molecule has 0 fully saturated rings. The molecule has 0 spiro atoms. The molecule has 0 heterocycles. The maximum atomic E-state index is 5.69. The fourth-order valence-electron chi connectivity index (χ4n) is 2.05. The van der Waals surface area contributed by atoms with Gasteiger partial charge in [0.15, 0.2) is 11.6 Å². The summed E-state index contributed by atoms with van der Waals surface area (Å²) < 4.78 is 22.8. The van der Waals surface area contributed by atoms with E-state index >= 15 is 0 Å². The van der Waals surface area contributed by atoms with Crippen LogP contribution in [0.5, 0.6) is 0 Å². The summed E-state index contributed by atoms with van der Waals surface area (Å²) in [5, 5.41) is 0. The fraction of sp³-hybridized carbons (Fsp3) is 1.00. The van der Waals surface area contributed by atoms with Gasteiger partial charge in [0.25, 0.3) is 0 Å². The van der Waals surface area contributed by atoms with Gasteiger partial charge in [-0.3, -0.25) is 0 Å². The van der Waals surface area contributed by atoms with Crippen LogP contribution in [0.1, 0.15) is 54.4 Å². The van der Waals surface area contributed by atoms with E-state index in [1.807, 2.05) is 41.5 Å². The third-order valence-corrected chi connectivity index (χ3v) is 2.83. The Hall–Kier alpha value is -0.160. The van der Waals surface area contributed by atoms with Crippen LogP contribution in [0, 0.1) is 0 Å². The maximum absolute atomic E-state index is 5.69. The van der Waals surface area contributed by atoms with E-state index < -0.39 is 11.6 Å². The Morgan fingerprint density at radius 3 is 0.944 bits per heavy atom. The van der Waals surface area contributed by atoms with Crippen LogP contribution in [0.4, 0.5) is 0 Å². The smallest absolute Gasteiger partial charge is 0.165 e. The molecule has 0 radical (unpaired) electrons. The highest BCUT2D eigenvalue weighted by molar-refractivity contribution is 4.71. The second kappa shape index (κ2) is 8.86. The molecule has 0 bridgehead atoms. The molecule has 18 heavy (non-hydrogen) atoms. The fourth-order valence-corrected chi connectivity index (χ4v) is 2.05. The topological polar surface area (TPSA) is 36.9 Å². The average Bonchev–Trinajstić information content (AvgIpc) is 2.28. The van der Waals surface area contributed by atoms with E-state index in [2.05, 4.69) is 0 Å². The molecule has 0 aromatic rings. The molecule has 0 aromatic heterocycles. The van der Waals surface area contributed by atoms with Crippen LogP contribution in [-0.4, -0.2) is 38.0 Å². The van der Waals surface area contributed by atoms with Crippen LogP contribution in [0.3, 0.4) is 0 Å². The van der Waals surface area contributed by atoms with Gasteiger partial charge in [-0.25, -0.2) is 0 Å². The largest absolute Gasteiger partial charge is 0.351 e. The number of ether oxygens (including phenoxy) is 4. The van der Waals surface area contributed by atoms with Gasteiger partial charge in [0.1, 0.15) is 0 Å². The lowest BCUT2D eigenvalue weighted by Crippen LogP contribution is -2.39. The summed E-state index contributed by atoms with van der Waals surface area (Å²) in [6, 6.07) is 0. The number of rotatable bonds is 11. The van der Waals surface area contributed by atoms with E-state index in [9.17, 15) is 0 Å². The van der Waals surface area contributed by atoms with E-state index in [4.69, 9.17) is 18.9 Å². The molecule has 0 aliphatic heterocycles. The predicted octanol–water partition coefficient (Wildman–Crippen LogP) is 3.35. The summed E-state index contributed by atoms with van der Waals surface area (Å²) in [7, 11) is 0. The summed E-state index contributed by atoms with van der Waals surface area (Å²) in [4.78, 5) is 0. The van der Waals surface area contributed by atoms with Crippen molar-refractivity contribution in [2.45, 2.75) is 66.0 Å². The van der Waals surface area contributed by atoms with E-state index in [0.29, 0.717) is 26.4 Å². The Balaban J connectivity index is 4.44. The Kier molecular flexibility index (Phi) is 8.78. The highest BCUT2D eigenvalue weighted by atomic mass is 16.7. The molecule has 0 atom stereocenters. The van der Waals surface area contributed by atoms with Crippen LogP contribution in [0.2, 0.25) is 0 Å². The first-order valence-electron chi connectivity index (χ1n) is 7.01. The summed E-state index contributed by atoms with van der Waals surface area (Å²) >= 11 is 0. The zero-order chi connectivity index (χ0) is 14.1. The highest BCUT2D eigenvalue weighted by Crippen LogP contribution is 2.27. The SMILES string of the molecule is CCOC(C)(CCC(C)(OCC)OCC)OCC. The van der Waals surface area contributed by atoms with Crippen molar-refractivity contribution in [1.82, 2.24) is 0 Å². The Bertz CT molecular complexity index is 172. The van der Waals surface area contributed by atoms with E-state index in [-0.39, 0.29) is 0 Å². The van der Waals surface area contributed by atoms with Gasteiger partial charge in [0.05, 0.1) is 0 Å². The summed E-state index contributed by atoms with van der Waals surface area (Å²) in [6.45, 7) is 14.4. The van der Waals surface area contributed by atoms with Crippen LogP contribution >= 0.6 is 0 Å². The Morgan fingerprint density at radius 2 is 0.778 bits per heavy atom. The molecule has 0 unspecified atom stereocenters. The summed E-state index contributed by atoms with van der Waals surface area (Å²) in [5.41, 5.74) is 0. The molecule has 110 valence electrons. The molecule has 0 aromatic carbocycles.